The lowest BCUT2D eigenvalue weighted by atomic mass is 10.0. The number of carbonyl (C=O) groups is 1. The van der Waals surface area contributed by atoms with Gasteiger partial charge in [-0.1, -0.05) is 0 Å². The van der Waals surface area contributed by atoms with E-state index >= 15 is 0 Å². The molecular weight excluding hydrogens is 236 g/mol. The monoisotopic (exact) mass is 247 g/mol. The van der Waals surface area contributed by atoms with E-state index < -0.39 is 36.4 Å². The van der Waals surface area contributed by atoms with Gasteiger partial charge in [-0.2, -0.15) is 4.39 Å². The lowest BCUT2D eigenvalue weighted by molar-refractivity contribution is -0.144. The van der Waals surface area contributed by atoms with Crippen molar-refractivity contribution in [3.63, 3.8) is 0 Å². The maximum Gasteiger partial charge on any atom is 0.308 e. The van der Waals surface area contributed by atoms with E-state index in [4.69, 9.17) is 0 Å². The Balaban J connectivity index is 2.77. The Bertz CT molecular complexity index is 413. The number of hydrogen-bond donors (Lipinski definition) is 2. The average molecular weight is 247 g/mol. The van der Waals surface area contributed by atoms with Crippen molar-refractivity contribution in [3.8, 4) is 0 Å². The lowest BCUT2D eigenvalue weighted by Gasteiger charge is -2.16. The Morgan fingerprint density at radius 2 is 2.18 bits per heavy atom. The van der Waals surface area contributed by atoms with E-state index in [0.717, 1.165) is 13.3 Å². The molecule has 2 N–H and O–H groups in total. The quantitative estimate of drug-likeness (QED) is 0.591. The summed E-state index contributed by atoms with van der Waals surface area (Å²) in [5.41, 5.74) is -0.125. The Morgan fingerprint density at radius 1 is 1.53 bits per heavy atom. The Labute approximate surface area is 95.7 Å². The van der Waals surface area contributed by atoms with Gasteiger partial charge < -0.3 is 14.9 Å². The van der Waals surface area contributed by atoms with Crippen molar-refractivity contribution in [2.24, 2.45) is 0 Å². The molecule has 0 amide bonds. The van der Waals surface area contributed by atoms with Crippen LogP contribution in [0.4, 0.5) is 8.78 Å². The lowest BCUT2D eigenvalue weighted by Crippen LogP contribution is -2.23. The molecule has 0 fully saturated rings. The zero-order valence-electron chi connectivity index (χ0n) is 8.93. The highest BCUT2D eigenvalue weighted by Crippen LogP contribution is 2.19. The van der Waals surface area contributed by atoms with Gasteiger partial charge >= 0.3 is 5.97 Å². The van der Waals surface area contributed by atoms with Crippen molar-refractivity contribution in [1.82, 2.24) is 4.98 Å². The molecule has 0 aliphatic heterocycles. The number of methoxy groups -OCH3 is 1. The summed E-state index contributed by atoms with van der Waals surface area (Å²) < 4.78 is 29.6. The third-order valence-electron chi connectivity index (χ3n) is 2.13. The molecule has 5 nitrogen and oxygen atoms in total. The second kappa shape index (κ2) is 5.65. The summed E-state index contributed by atoms with van der Waals surface area (Å²) in [5.74, 6) is -3.28. The molecule has 2 atom stereocenters. The van der Waals surface area contributed by atoms with Crippen LogP contribution in [-0.4, -0.2) is 34.4 Å². The van der Waals surface area contributed by atoms with Crippen LogP contribution in [0.1, 0.15) is 18.1 Å². The largest absolute Gasteiger partial charge is 0.469 e. The zero-order chi connectivity index (χ0) is 13.0. The van der Waals surface area contributed by atoms with Gasteiger partial charge in [0.1, 0.15) is 6.10 Å². The molecule has 1 aromatic rings. The maximum absolute atomic E-state index is 12.8. The molecule has 1 aromatic heterocycles. The number of nitrogens with zero attached hydrogens (tertiary/aromatic N) is 1. The van der Waals surface area contributed by atoms with Gasteiger partial charge in [-0.25, -0.2) is 9.37 Å². The summed E-state index contributed by atoms with van der Waals surface area (Å²) in [6, 6.07) is 0.702. The van der Waals surface area contributed by atoms with Crippen LogP contribution in [0.15, 0.2) is 12.3 Å². The maximum atomic E-state index is 12.8. The summed E-state index contributed by atoms with van der Waals surface area (Å²) in [4.78, 5) is 13.9. The van der Waals surface area contributed by atoms with Crippen molar-refractivity contribution in [2.75, 3.05) is 7.11 Å². The summed E-state index contributed by atoms with van der Waals surface area (Å²) >= 11 is 0. The van der Waals surface area contributed by atoms with Gasteiger partial charge in [-0.3, -0.25) is 4.79 Å². The Morgan fingerprint density at radius 3 is 2.71 bits per heavy atom. The zero-order valence-corrected chi connectivity index (χ0v) is 8.93. The van der Waals surface area contributed by atoms with Crippen molar-refractivity contribution in [1.29, 1.82) is 0 Å². The Hall–Kier alpha value is -1.60. The molecule has 0 radical (unpaired) electrons. The third-order valence-corrected chi connectivity index (χ3v) is 2.13. The number of aromatic nitrogens is 1. The molecule has 0 aliphatic carbocycles. The van der Waals surface area contributed by atoms with Crippen molar-refractivity contribution >= 4 is 5.97 Å². The number of carbonyl (C=O) groups excluding carboxylic acids is 1. The number of pyridine rings is 1. The van der Waals surface area contributed by atoms with Crippen LogP contribution < -0.4 is 0 Å². The first-order valence-corrected chi connectivity index (χ1v) is 4.69. The minimum absolute atomic E-state index is 0.125. The third kappa shape index (κ3) is 3.43. The number of aliphatic hydroxyl groups is 2. The summed E-state index contributed by atoms with van der Waals surface area (Å²) in [6.07, 6.45) is -2.61. The molecule has 7 heteroatoms. The molecule has 0 aliphatic rings. The molecule has 1 rings (SSSR count). The SMILES string of the molecule is COC(=O)CC(O)C(O)c1cnc(F)c(F)c1. The van der Waals surface area contributed by atoms with E-state index in [9.17, 15) is 23.8 Å². The smallest absolute Gasteiger partial charge is 0.308 e. The van der Waals surface area contributed by atoms with Crippen molar-refractivity contribution in [3.05, 3.63) is 29.6 Å². The van der Waals surface area contributed by atoms with Crippen molar-refractivity contribution < 1.29 is 28.5 Å². The fraction of sp³-hybridized carbons (Fsp3) is 0.400. The second-order valence-electron chi connectivity index (χ2n) is 3.33. The predicted octanol–water partition coefficient (Wildman–Crippen LogP) is 0.317. The molecule has 0 aromatic carbocycles. The molecule has 94 valence electrons. The fourth-order valence-corrected chi connectivity index (χ4v) is 1.19. The van der Waals surface area contributed by atoms with Gasteiger partial charge in [0.15, 0.2) is 5.82 Å². The molecule has 1 heterocycles. The molecule has 0 spiro atoms. The number of ether oxygens (including phenoxy) is 1. The molecule has 2 unspecified atom stereocenters. The van der Waals surface area contributed by atoms with Gasteiger partial charge in [0.2, 0.25) is 5.95 Å². The van der Waals surface area contributed by atoms with Crippen molar-refractivity contribution in [2.45, 2.75) is 18.6 Å². The van der Waals surface area contributed by atoms with Gasteiger partial charge in [0.25, 0.3) is 0 Å². The Kier molecular flexibility index (Phi) is 4.47. The number of aliphatic hydroxyl groups excluding tert-OH is 2. The molecule has 0 bridgehead atoms. The number of rotatable bonds is 4. The van der Waals surface area contributed by atoms with Crippen LogP contribution in [-0.2, 0) is 9.53 Å². The van der Waals surface area contributed by atoms with Gasteiger partial charge in [0, 0.05) is 11.8 Å². The van der Waals surface area contributed by atoms with E-state index in [1.807, 2.05) is 0 Å². The van der Waals surface area contributed by atoms with E-state index in [-0.39, 0.29) is 5.56 Å². The average Bonchev–Trinajstić information content (AvgIpc) is 2.31. The summed E-state index contributed by atoms with van der Waals surface area (Å²) in [6.45, 7) is 0. The van der Waals surface area contributed by atoms with Gasteiger partial charge in [-0.15, -0.1) is 0 Å². The molecule has 0 saturated heterocycles. The standard InChI is InChI=1S/C10H11F2NO4/c1-17-8(15)3-7(14)9(16)5-2-6(11)10(12)13-4-5/h2,4,7,9,14,16H,3H2,1H3. The first-order valence-electron chi connectivity index (χ1n) is 4.69. The predicted molar refractivity (Wildman–Crippen MR) is 51.8 cm³/mol. The fourth-order valence-electron chi connectivity index (χ4n) is 1.19. The molecule has 17 heavy (non-hydrogen) atoms. The van der Waals surface area contributed by atoms with Gasteiger partial charge in [0.05, 0.1) is 19.6 Å². The highest BCUT2D eigenvalue weighted by molar-refractivity contribution is 5.69. The number of halogens is 2. The highest BCUT2D eigenvalue weighted by Gasteiger charge is 2.23. The molecule has 0 saturated carbocycles. The van der Waals surface area contributed by atoms with Crippen LogP contribution in [0, 0.1) is 11.8 Å². The second-order valence-corrected chi connectivity index (χ2v) is 3.33. The number of esters is 1. The van der Waals surface area contributed by atoms with Crippen LogP contribution in [0.25, 0.3) is 0 Å². The topological polar surface area (TPSA) is 79.7 Å². The first-order chi connectivity index (χ1) is 7.95. The van der Waals surface area contributed by atoms with Crippen LogP contribution >= 0.6 is 0 Å². The minimum Gasteiger partial charge on any atom is -0.469 e. The summed E-state index contributed by atoms with van der Waals surface area (Å²) in [5, 5.41) is 19.0. The van der Waals surface area contributed by atoms with Gasteiger partial charge in [-0.05, 0) is 6.07 Å². The summed E-state index contributed by atoms with van der Waals surface area (Å²) in [7, 11) is 1.13. The van der Waals surface area contributed by atoms with Crippen LogP contribution in [0.3, 0.4) is 0 Å². The first kappa shape index (κ1) is 13.5. The normalized spacial score (nSPS) is 14.2. The van der Waals surface area contributed by atoms with E-state index in [1.165, 1.54) is 0 Å². The van der Waals surface area contributed by atoms with Crippen LogP contribution in [0.2, 0.25) is 0 Å². The number of hydrogen-bond acceptors (Lipinski definition) is 5. The van der Waals surface area contributed by atoms with E-state index in [0.29, 0.717) is 6.07 Å². The molecular formula is C10H11F2NO4. The van der Waals surface area contributed by atoms with E-state index in [1.54, 1.807) is 0 Å². The highest BCUT2D eigenvalue weighted by atomic mass is 19.2. The van der Waals surface area contributed by atoms with E-state index in [2.05, 4.69) is 9.72 Å². The van der Waals surface area contributed by atoms with Crippen LogP contribution in [0.5, 0.6) is 0 Å². The minimum atomic E-state index is -1.54.